The summed E-state index contributed by atoms with van der Waals surface area (Å²) in [4.78, 5) is 48.2. The van der Waals surface area contributed by atoms with E-state index in [4.69, 9.17) is 26.2 Å². The number of hydrogen-bond acceptors (Lipinski definition) is 7. The third-order valence-electron chi connectivity index (χ3n) is 3.50. The molecule has 0 spiro atoms. The minimum absolute atomic E-state index is 0.114. The third-order valence-corrected chi connectivity index (χ3v) is 5.25. The summed E-state index contributed by atoms with van der Waals surface area (Å²) in [6.07, 6.45) is 1.44. The van der Waals surface area contributed by atoms with Gasteiger partial charge in [-0.2, -0.15) is 0 Å². The van der Waals surface area contributed by atoms with E-state index in [0.29, 0.717) is 21.8 Å². The molecule has 1 atom stereocenters. The molecule has 2 rings (SSSR count). The Morgan fingerprint density at radius 3 is 2.64 bits per heavy atom. The fraction of sp³-hybridized carbons (Fsp3) is 0.294. The molecule has 2 amide bonds. The number of carboxylic acid groups (broad SMARTS) is 1. The second kappa shape index (κ2) is 9.44. The van der Waals surface area contributed by atoms with Crippen LogP contribution in [0.3, 0.4) is 0 Å². The summed E-state index contributed by atoms with van der Waals surface area (Å²) in [5, 5.41) is 8.24. The van der Waals surface area contributed by atoms with Crippen LogP contribution >= 0.6 is 39.3 Å². The number of carbonyl (C=O) groups is 4. The van der Waals surface area contributed by atoms with Gasteiger partial charge in [0.1, 0.15) is 6.04 Å². The van der Waals surface area contributed by atoms with Crippen LogP contribution in [0, 0.1) is 0 Å². The number of nitrogens with zero attached hydrogens (tertiary/aromatic N) is 1. The van der Waals surface area contributed by atoms with Crippen LogP contribution in [0.4, 0.5) is 4.79 Å². The number of benzene rings is 1. The SMILES string of the molecule is CCOC(=O)[C@H](C)N1C(=O)S/C(=C\c2cc(Cl)c(OCC(=O)O)c(Br)c2)C1=O. The predicted octanol–water partition coefficient (Wildman–Crippen LogP) is 3.55. The van der Waals surface area contributed by atoms with Gasteiger partial charge in [-0.25, -0.2) is 9.59 Å². The molecule has 28 heavy (non-hydrogen) atoms. The molecule has 1 heterocycles. The van der Waals surface area contributed by atoms with Crippen LogP contribution in [0.5, 0.6) is 5.75 Å². The molecule has 1 aliphatic heterocycles. The molecule has 0 aliphatic carbocycles. The Morgan fingerprint density at radius 1 is 1.39 bits per heavy atom. The molecule has 0 bridgehead atoms. The summed E-state index contributed by atoms with van der Waals surface area (Å²) in [5.74, 6) is -2.30. The highest BCUT2D eigenvalue weighted by Crippen LogP contribution is 2.38. The Hall–Kier alpha value is -2.04. The summed E-state index contributed by atoms with van der Waals surface area (Å²) < 4.78 is 10.3. The van der Waals surface area contributed by atoms with Crippen molar-refractivity contribution < 1.29 is 33.8 Å². The number of ether oxygens (including phenoxy) is 2. The van der Waals surface area contributed by atoms with Crippen molar-refractivity contribution in [1.82, 2.24) is 4.90 Å². The minimum atomic E-state index is -1.16. The second-order valence-electron chi connectivity index (χ2n) is 5.48. The van der Waals surface area contributed by atoms with Crippen molar-refractivity contribution in [3.05, 3.63) is 32.1 Å². The van der Waals surface area contributed by atoms with E-state index >= 15 is 0 Å². The van der Waals surface area contributed by atoms with E-state index in [2.05, 4.69) is 15.9 Å². The Labute approximate surface area is 177 Å². The first-order chi connectivity index (χ1) is 13.1. The molecule has 150 valence electrons. The molecule has 1 aromatic carbocycles. The Bertz CT molecular complexity index is 850. The molecule has 1 fully saturated rings. The summed E-state index contributed by atoms with van der Waals surface area (Å²) in [6, 6.07) is 1.98. The second-order valence-corrected chi connectivity index (χ2v) is 7.73. The number of carboxylic acids is 1. The zero-order valence-corrected chi connectivity index (χ0v) is 17.9. The molecule has 1 N–H and O–H groups in total. The van der Waals surface area contributed by atoms with Gasteiger partial charge in [-0.3, -0.25) is 14.5 Å². The fourth-order valence-corrected chi connectivity index (χ4v) is 4.17. The van der Waals surface area contributed by atoms with E-state index in [-0.39, 0.29) is 22.3 Å². The lowest BCUT2D eigenvalue weighted by Gasteiger charge is -2.19. The van der Waals surface area contributed by atoms with Gasteiger partial charge in [-0.15, -0.1) is 0 Å². The fourth-order valence-electron chi connectivity index (χ4n) is 2.27. The molecular formula is C17H15BrClNO7S. The molecule has 0 saturated carbocycles. The van der Waals surface area contributed by atoms with E-state index in [1.807, 2.05) is 0 Å². The number of halogens is 2. The van der Waals surface area contributed by atoms with E-state index in [1.165, 1.54) is 19.1 Å². The molecule has 0 unspecified atom stereocenters. The molecule has 11 heteroatoms. The minimum Gasteiger partial charge on any atom is -0.479 e. The van der Waals surface area contributed by atoms with Gasteiger partial charge in [0.15, 0.2) is 12.4 Å². The van der Waals surface area contributed by atoms with Gasteiger partial charge < -0.3 is 14.6 Å². The largest absolute Gasteiger partial charge is 0.479 e. The maximum Gasteiger partial charge on any atom is 0.341 e. The lowest BCUT2D eigenvalue weighted by Crippen LogP contribution is -2.42. The van der Waals surface area contributed by atoms with Gasteiger partial charge in [0.05, 0.1) is 21.0 Å². The van der Waals surface area contributed by atoms with Crippen molar-refractivity contribution in [1.29, 1.82) is 0 Å². The summed E-state index contributed by atoms with van der Waals surface area (Å²) >= 11 is 10.0. The lowest BCUT2D eigenvalue weighted by atomic mass is 10.2. The van der Waals surface area contributed by atoms with Crippen LogP contribution in [0.2, 0.25) is 5.02 Å². The normalized spacial score (nSPS) is 16.4. The standard InChI is InChI=1S/C17H15BrClNO7S/c1-3-26-16(24)8(2)20-15(23)12(28-17(20)25)6-9-4-10(18)14(11(19)5-9)27-7-13(21)22/h4-6,8H,3,7H2,1-2H3,(H,21,22)/b12-6-/t8-/m0/s1. The molecule has 1 aliphatic rings. The monoisotopic (exact) mass is 491 g/mol. The number of rotatable bonds is 7. The van der Waals surface area contributed by atoms with Gasteiger partial charge in [-0.05, 0) is 65.3 Å². The predicted molar refractivity (Wildman–Crippen MR) is 106 cm³/mol. The first-order valence-electron chi connectivity index (χ1n) is 7.93. The van der Waals surface area contributed by atoms with Gasteiger partial charge in [-0.1, -0.05) is 11.6 Å². The molecule has 1 aromatic rings. The number of amides is 2. The number of hydrogen-bond donors (Lipinski definition) is 1. The van der Waals surface area contributed by atoms with E-state index in [0.717, 1.165) is 4.90 Å². The van der Waals surface area contributed by atoms with Crippen LogP contribution in [0.25, 0.3) is 6.08 Å². The van der Waals surface area contributed by atoms with Crippen molar-refractivity contribution in [2.24, 2.45) is 0 Å². The lowest BCUT2D eigenvalue weighted by molar-refractivity contribution is -0.150. The van der Waals surface area contributed by atoms with Gasteiger partial charge in [0.2, 0.25) is 0 Å². The highest BCUT2D eigenvalue weighted by atomic mass is 79.9. The van der Waals surface area contributed by atoms with Crippen LogP contribution < -0.4 is 4.74 Å². The summed E-state index contributed by atoms with van der Waals surface area (Å²) in [6.45, 7) is 2.61. The number of imide groups is 1. The highest BCUT2D eigenvalue weighted by Gasteiger charge is 2.41. The maximum atomic E-state index is 12.6. The average Bonchev–Trinajstić information content (AvgIpc) is 2.87. The van der Waals surface area contributed by atoms with Gasteiger partial charge in [0.25, 0.3) is 11.1 Å². The molecule has 1 saturated heterocycles. The average molecular weight is 493 g/mol. The van der Waals surface area contributed by atoms with Crippen LogP contribution in [-0.4, -0.2) is 52.3 Å². The van der Waals surface area contributed by atoms with Gasteiger partial charge >= 0.3 is 11.9 Å². The molecular weight excluding hydrogens is 478 g/mol. The molecule has 8 nitrogen and oxygen atoms in total. The Morgan fingerprint density at radius 2 is 2.07 bits per heavy atom. The van der Waals surface area contributed by atoms with E-state index in [9.17, 15) is 19.2 Å². The number of aliphatic carboxylic acids is 1. The van der Waals surface area contributed by atoms with Crippen molar-refractivity contribution in [2.75, 3.05) is 13.2 Å². The zero-order chi connectivity index (χ0) is 21.0. The summed E-state index contributed by atoms with van der Waals surface area (Å²) in [5.41, 5.74) is 0.480. The smallest absolute Gasteiger partial charge is 0.341 e. The zero-order valence-electron chi connectivity index (χ0n) is 14.7. The van der Waals surface area contributed by atoms with Crippen LogP contribution in [0.15, 0.2) is 21.5 Å². The number of thioether (sulfide) groups is 1. The van der Waals surface area contributed by atoms with Crippen LogP contribution in [-0.2, 0) is 19.1 Å². The maximum absolute atomic E-state index is 12.6. The van der Waals surface area contributed by atoms with Crippen molar-refractivity contribution in [3.63, 3.8) is 0 Å². The first kappa shape index (κ1) is 22.3. The van der Waals surface area contributed by atoms with E-state index < -0.39 is 35.7 Å². The first-order valence-corrected chi connectivity index (χ1v) is 9.91. The van der Waals surface area contributed by atoms with Gasteiger partial charge in [0, 0.05) is 0 Å². The van der Waals surface area contributed by atoms with Crippen molar-refractivity contribution in [3.8, 4) is 5.75 Å². The van der Waals surface area contributed by atoms with Crippen molar-refractivity contribution >= 4 is 68.5 Å². The van der Waals surface area contributed by atoms with E-state index in [1.54, 1.807) is 13.0 Å². The quantitative estimate of drug-likeness (QED) is 0.454. The Kier molecular flexibility index (Phi) is 7.50. The summed E-state index contributed by atoms with van der Waals surface area (Å²) in [7, 11) is 0. The number of carbonyl (C=O) groups excluding carboxylic acids is 3. The Balaban J connectivity index is 2.26. The molecule has 0 aromatic heterocycles. The highest BCUT2D eigenvalue weighted by molar-refractivity contribution is 9.10. The number of esters is 1. The third kappa shape index (κ3) is 5.06. The molecule has 0 radical (unpaired) electrons. The topological polar surface area (TPSA) is 110 Å². The van der Waals surface area contributed by atoms with Crippen molar-refractivity contribution in [2.45, 2.75) is 19.9 Å². The van der Waals surface area contributed by atoms with Crippen LogP contribution in [0.1, 0.15) is 19.4 Å².